The lowest BCUT2D eigenvalue weighted by atomic mass is 10.1. The lowest BCUT2D eigenvalue weighted by Crippen LogP contribution is -2.00. The van der Waals surface area contributed by atoms with Crippen molar-refractivity contribution < 1.29 is 14.3 Å². The highest BCUT2D eigenvalue weighted by Crippen LogP contribution is 2.34. The van der Waals surface area contributed by atoms with E-state index >= 15 is 0 Å². The van der Waals surface area contributed by atoms with E-state index < -0.39 is 5.97 Å². The minimum atomic E-state index is -0.509. The van der Waals surface area contributed by atoms with Gasteiger partial charge in [0.15, 0.2) is 11.6 Å². The number of hydrogen-bond donors (Lipinski definition) is 0. The number of cyclic esters (lactones) is 1. The second-order valence-corrected chi connectivity index (χ2v) is 4.40. The Bertz CT molecular complexity index is 579. The van der Waals surface area contributed by atoms with Gasteiger partial charge >= 0.3 is 5.97 Å². The van der Waals surface area contributed by atoms with E-state index in [2.05, 4.69) is 4.99 Å². The van der Waals surface area contributed by atoms with Crippen LogP contribution in [0, 0.1) is 0 Å². The number of hydrogen-bond acceptors (Lipinski definition) is 4. The Hall–Kier alpha value is -1.52. The molecule has 1 aromatic carbocycles. The second kappa shape index (κ2) is 5.00. The van der Waals surface area contributed by atoms with Crippen LogP contribution in [0.2, 0.25) is 10.0 Å². The van der Waals surface area contributed by atoms with Gasteiger partial charge in [-0.1, -0.05) is 23.2 Å². The monoisotopic (exact) mass is 285 g/mol. The molecule has 0 atom stereocenters. The van der Waals surface area contributed by atoms with Crippen molar-refractivity contribution in [3.8, 4) is 5.75 Å². The van der Waals surface area contributed by atoms with Crippen LogP contribution in [0.3, 0.4) is 0 Å². The number of carbonyl (C=O) groups excluding carboxylic acids is 1. The molecule has 18 heavy (non-hydrogen) atoms. The normalized spacial score (nSPS) is 16.8. The van der Waals surface area contributed by atoms with E-state index in [4.69, 9.17) is 32.7 Å². The fraction of sp³-hybridized carbons (Fsp3) is 0.167. The number of ether oxygens (including phenoxy) is 2. The van der Waals surface area contributed by atoms with Crippen LogP contribution < -0.4 is 4.74 Å². The fourth-order valence-corrected chi connectivity index (χ4v) is 2.15. The molecule has 0 aromatic heterocycles. The van der Waals surface area contributed by atoms with Crippen molar-refractivity contribution in [2.75, 3.05) is 7.11 Å². The van der Waals surface area contributed by atoms with Crippen LogP contribution >= 0.6 is 23.2 Å². The zero-order valence-electron chi connectivity index (χ0n) is 9.66. The van der Waals surface area contributed by atoms with Gasteiger partial charge in [-0.3, -0.25) is 0 Å². The van der Waals surface area contributed by atoms with E-state index in [-0.39, 0.29) is 5.70 Å². The summed E-state index contributed by atoms with van der Waals surface area (Å²) in [6.45, 7) is 1.60. The van der Waals surface area contributed by atoms with Gasteiger partial charge in [0.2, 0.25) is 0 Å². The molecule has 0 fully saturated rings. The summed E-state index contributed by atoms with van der Waals surface area (Å²) in [5.74, 6) is 0.227. The largest absolute Gasteiger partial charge is 0.495 e. The van der Waals surface area contributed by atoms with Gasteiger partial charge in [-0.2, -0.15) is 0 Å². The number of aliphatic imine (C=N–C) groups is 1. The molecule has 1 aliphatic heterocycles. The minimum absolute atomic E-state index is 0.184. The summed E-state index contributed by atoms with van der Waals surface area (Å²) >= 11 is 11.9. The molecule has 0 amide bonds. The predicted molar refractivity (Wildman–Crippen MR) is 70.2 cm³/mol. The summed E-state index contributed by atoms with van der Waals surface area (Å²) in [5.41, 5.74) is 0.754. The van der Waals surface area contributed by atoms with Crippen molar-refractivity contribution in [1.29, 1.82) is 0 Å². The Labute approximate surface area is 114 Å². The molecule has 4 nitrogen and oxygen atoms in total. The molecule has 1 aromatic rings. The Balaban J connectivity index is 2.52. The summed E-state index contributed by atoms with van der Waals surface area (Å²) in [7, 11) is 1.48. The molecule has 0 saturated heterocycles. The van der Waals surface area contributed by atoms with Crippen LogP contribution in [0.15, 0.2) is 22.8 Å². The van der Waals surface area contributed by atoms with Gasteiger partial charge in [-0.15, -0.1) is 0 Å². The average Bonchev–Trinajstić information content (AvgIpc) is 2.57. The van der Waals surface area contributed by atoms with E-state index in [0.29, 0.717) is 27.3 Å². The molecule has 0 saturated carbocycles. The first-order chi connectivity index (χ1) is 8.51. The first-order valence-corrected chi connectivity index (χ1v) is 5.79. The Morgan fingerprint density at radius 3 is 2.67 bits per heavy atom. The molecule has 1 aliphatic rings. The Morgan fingerprint density at radius 2 is 2.11 bits per heavy atom. The van der Waals surface area contributed by atoms with Crippen LogP contribution in [0.4, 0.5) is 0 Å². The van der Waals surface area contributed by atoms with Gasteiger partial charge in [0.1, 0.15) is 5.75 Å². The number of carbonyl (C=O) groups is 1. The Morgan fingerprint density at radius 1 is 1.39 bits per heavy atom. The smallest absolute Gasteiger partial charge is 0.363 e. The highest BCUT2D eigenvalue weighted by molar-refractivity contribution is 6.36. The predicted octanol–water partition coefficient (Wildman–Crippen LogP) is 3.32. The van der Waals surface area contributed by atoms with E-state index in [1.807, 2.05) is 0 Å². The van der Waals surface area contributed by atoms with Crippen LogP contribution in [-0.4, -0.2) is 19.0 Å². The molecule has 0 spiro atoms. The second-order valence-electron chi connectivity index (χ2n) is 3.56. The highest BCUT2D eigenvalue weighted by atomic mass is 35.5. The van der Waals surface area contributed by atoms with Crippen LogP contribution in [-0.2, 0) is 9.53 Å². The molecule has 0 radical (unpaired) electrons. The maximum absolute atomic E-state index is 11.4. The number of benzene rings is 1. The van der Waals surface area contributed by atoms with Gasteiger partial charge in [-0.25, -0.2) is 9.79 Å². The molecule has 0 N–H and O–H groups in total. The van der Waals surface area contributed by atoms with Gasteiger partial charge in [0, 0.05) is 17.5 Å². The third-order valence-electron chi connectivity index (χ3n) is 2.26. The molecule has 1 heterocycles. The fourth-order valence-electron chi connectivity index (χ4n) is 1.57. The van der Waals surface area contributed by atoms with E-state index in [1.54, 1.807) is 19.1 Å². The Kier molecular flexibility index (Phi) is 3.59. The van der Waals surface area contributed by atoms with E-state index in [9.17, 15) is 4.79 Å². The number of nitrogens with zero attached hydrogens (tertiary/aromatic N) is 1. The minimum Gasteiger partial charge on any atom is -0.495 e. The van der Waals surface area contributed by atoms with Crippen LogP contribution in [0.5, 0.6) is 5.75 Å². The topological polar surface area (TPSA) is 47.9 Å². The van der Waals surface area contributed by atoms with Crippen molar-refractivity contribution in [2.45, 2.75) is 6.92 Å². The van der Waals surface area contributed by atoms with Crippen molar-refractivity contribution in [1.82, 2.24) is 0 Å². The number of esters is 1. The van der Waals surface area contributed by atoms with Gasteiger partial charge in [-0.05, 0) is 18.2 Å². The van der Waals surface area contributed by atoms with E-state index in [0.717, 1.165) is 0 Å². The summed E-state index contributed by atoms with van der Waals surface area (Å²) in [6.07, 6.45) is 1.52. The zero-order valence-corrected chi connectivity index (χ0v) is 11.2. The van der Waals surface area contributed by atoms with Crippen LogP contribution in [0.25, 0.3) is 6.08 Å². The first kappa shape index (κ1) is 12.9. The highest BCUT2D eigenvalue weighted by Gasteiger charge is 2.20. The zero-order chi connectivity index (χ0) is 13.3. The third-order valence-corrected chi connectivity index (χ3v) is 2.76. The molecule has 0 unspecified atom stereocenters. The molecule has 2 rings (SSSR count). The molecular formula is C12H9Cl2NO3. The summed E-state index contributed by atoms with van der Waals surface area (Å²) in [5, 5.41) is 0.809. The maximum Gasteiger partial charge on any atom is 0.363 e. The maximum atomic E-state index is 11.4. The quantitative estimate of drug-likeness (QED) is 0.619. The molecule has 0 bridgehead atoms. The molecular weight excluding hydrogens is 277 g/mol. The number of methoxy groups -OCH3 is 1. The van der Waals surface area contributed by atoms with Crippen molar-refractivity contribution in [2.24, 2.45) is 4.99 Å². The molecule has 6 heteroatoms. The summed E-state index contributed by atoms with van der Waals surface area (Å²) in [4.78, 5) is 15.4. The standard InChI is InChI=1S/C12H9Cl2NO3/c1-6-15-10(12(16)18-6)4-7-3-8(13)5-9(14)11(7)17-2/h3-5H,1-2H3/b10-4+. The van der Waals surface area contributed by atoms with Gasteiger partial charge in [0.05, 0.1) is 12.1 Å². The SMILES string of the molecule is COc1c(Cl)cc(Cl)cc1/C=C1/N=C(C)OC1=O. The lowest BCUT2D eigenvalue weighted by molar-refractivity contribution is -0.130. The average molecular weight is 286 g/mol. The molecule has 94 valence electrons. The summed E-state index contributed by atoms with van der Waals surface area (Å²) in [6, 6.07) is 3.20. The van der Waals surface area contributed by atoms with Crippen molar-refractivity contribution in [3.63, 3.8) is 0 Å². The molecule has 0 aliphatic carbocycles. The first-order valence-electron chi connectivity index (χ1n) is 5.03. The third kappa shape index (κ3) is 2.49. The summed E-state index contributed by atoms with van der Waals surface area (Å²) < 4.78 is 9.98. The van der Waals surface area contributed by atoms with Crippen molar-refractivity contribution in [3.05, 3.63) is 33.4 Å². The van der Waals surface area contributed by atoms with E-state index in [1.165, 1.54) is 13.2 Å². The number of halogens is 2. The van der Waals surface area contributed by atoms with Crippen LogP contribution in [0.1, 0.15) is 12.5 Å². The van der Waals surface area contributed by atoms with Gasteiger partial charge < -0.3 is 9.47 Å². The van der Waals surface area contributed by atoms with Gasteiger partial charge in [0.25, 0.3) is 0 Å². The number of rotatable bonds is 2. The van der Waals surface area contributed by atoms with Crippen molar-refractivity contribution >= 4 is 41.1 Å². The lowest BCUT2D eigenvalue weighted by Gasteiger charge is -2.07.